The van der Waals surface area contributed by atoms with Crippen molar-refractivity contribution in [3.05, 3.63) is 42.5 Å². The van der Waals surface area contributed by atoms with E-state index in [2.05, 4.69) is 36.9 Å². The van der Waals surface area contributed by atoms with E-state index in [0.717, 1.165) is 42.5 Å². The van der Waals surface area contributed by atoms with Crippen LogP contribution in [-0.2, 0) is 0 Å². The topological polar surface area (TPSA) is 32.7 Å². The summed E-state index contributed by atoms with van der Waals surface area (Å²) in [6.45, 7) is 7.39. The van der Waals surface area contributed by atoms with Crippen molar-refractivity contribution < 1.29 is 9.84 Å². The molecule has 0 fully saturated rings. The molecule has 0 aliphatic heterocycles. The molecule has 0 aliphatic rings. The predicted octanol–water partition coefficient (Wildman–Crippen LogP) is 4.12. The zero-order valence-corrected chi connectivity index (χ0v) is 14.9. The second kappa shape index (κ2) is 10.5. The summed E-state index contributed by atoms with van der Waals surface area (Å²) in [6.07, 6.45) is 1.76. The Kier molecular flexibility index (Phi) is 9.00. The van der Waals surface area contributed by atoms with E-state index in [1.165, 1.54) is 0 Å². The maximum Gasteiger partial charge on any atom is 0.127 e. The van der Waals surface area contributed by atoms with Crippen LogP contribution in [0.2, 0.25) is 0 Å². The van der Waals surface area contributed by atoms with E-state index in [0.29, 0.717) is 13.2 Å². The van der Waals surface area contributed by atoms with Gasteiger partial charge in [-0.3, -0.25) is 0 Å². The lowest BCUT2D eigenvalue weighted by atomic mass is 10.1. The lowest BCUT2D eigenvalue weighted by Crippen LogP contribution is -2.36. The Morgan fingerprint density at radius 2 is 1.65 bits per heavy atom. The fourth-order valence-electron chi connectivity index (χ4n) is 2.79. The number of aliphatic hydroxyl groups is 1. The molecule has 0 radical (unpaired) electrons. The maximum absolute atomic E-state index is 10.2. The first-order valence-electron chi connectivity index (χ1n) is 8.25. The number of benzene rings is 2. The van der Waals surface area contributed by atoms with Gasteiger partial charge in [0.15, 0.2) is 0 Å². The van der Waals surface area contributed by atoms with Gasteiger partial charge in [0.1, 0.15) is 18.5 Å². The van der Waals surface area contributed by atoms with Crippen LogP contribution in [0.4, 0.5) is 0 Å². The minimum Gasteiger partial charge on any atom is -0.490 e. The molecule has 0 aromatic heterocycles. The molecule has 128 valence electrons. The molecular formula is C19H28ClNO2. The largest absolute Gasteiger partial charge is 0.490 e. The van der Waals surface area contributed by atoms with Crippen molar-refractivity contribution in [3.63, 3.8) is 0 Å². The van der Waals surface area contributed by atoms with Gasteiger partial charge < -0.3 is 14.7 Å². The van der Waals surface area contributed by atoms with Gasteiger partial charge in [0.05, 0.1) is 0 Å². The van der Waals surface area contributed by atoms with E-state index >= 15 is 0 Å². The third kappa shape index (κ3) is 6.02. The van der Waals surface area contributed by atoms with E-state index < -0.39 is 6.10 Å². The molecule has 0 amide bonds. The van der Waals surface area contributed by atoms with Crippen LogP contribution in [0.3, 0.4) is 0 Å². The predicted molar refractivity (Wildman–Crippen MR) is 99.7 cm³/mol. The Hall–Kier alpha value is -1.29. The van der Waals surface area contributed by atoms with Gasteiger partial charge in [0.2, 0.25) is 0 Å². The number of hydrogen-bond donors (Lipinski definition) is 1. The Balaban J connectivity index is 0.00000264. The Morgan fingerprint density at radius 3 is 2.35 bits per heavy atom. The van der Waals surface area contributed by atoms with Gasteiger partial charge in [-0.05, 0) is 37.4 Å². The van der Waals surface area contributed by atoms with E-state index in [1.807, 2.05) is 24.3 Å². The average molecular weight is 338 g/mol. The van der Waals surface area contributed by atoms with Crippen LogP contribution in [0.25, 0.3) is 10.8 Å². The molecule has 0 spiro atoms. The number of ether oxygens (including phenoxy) is 1. The summed E-state index contributed by atoms with van der Waals surface area (Å²) in [4.78, 5) is 2.30. The highest BCUT2D eigenvalue weighted by molar-refractivity contribution is 5.88. The molecule has 2 aromatic rings. The smallest absolute Gasteiger partial charge is 0.127 e. The monoisotopic (exact) mass is 337 g/mol. The second-order valence-corrected chi connectivity index (χ2v) is 5.74. The van der Waals surface area contributed by atoms with Crippen LogP contribution in [0.5, 0.6) is 5.75 Å². The third-order valence-corrected chi connectivity index (χ3v) is 3.73. The summed E-state index contributed by atoms with van der Waals surface area (Å²) in [5.74, 6) is 0.842. The van der Waals surface area contributed by atoms with Gasteiger partial charge in [-0.1, -0.05) is 50.2 Å². The molecule has 0 aliphatic carbocycles. The summed E-state index contributed by atoms with van der Waals surface area (Å²) < 4.78 is 5.86. The number of fused-ring (bicyclic) bond motifs is 1. The maximum atomic E-state index is 10.2. The van der Waals surface area contributed by atoms with Gasteiger partial charge in [0.25, 0.3) is 0 Å². The summed E-state index contributed by atoms with van der Waals surface area (Å²) in [5.41, 5.74) is 0. The van der Waals surface area contributed by atoms with Gasteiger partial charge in [-0.25, -0.2) is 0 Å². The highest BCUT2D eigenvalue weighted by Gasteiger charge is 2.12. The van der Waals surface area contributed by atoms with Crippen LogP contribution in [-0.4, -0.2) is 42.4 Å². The molecule has 0 saturated heterocycles. The van der Waals surface area contributed by atoms with Crippen molar-refractivity contribution in [1.82, 2.24) is 4.90 Å². The van der Waals surface area contributed by atoms with E-state index in [9.17, 15) is 5.11 Å². The molecule has 0 saturated carbocycles. The van der Waals surface area contributed by atoms with Gasteiger partial charge >= 0.3 is 0 Å². The van der Waals surface area contributed by atoms with Gasteiger partial charge in [-0.2, -0.15) is 0 Å². The Labute approximate surface area is 145 Å². The molecule has 1 atom stereocenters. The van der Waals surface area contributed by atoms with Crippen LogP contribution < -0.4 is 4.74 Å². The number of halogens is 1. The molecular weight excluding hydrogens is 310 g/mol. The highest BCUT2D eigenvalue weighted by atomic mass is 35.5. The minimum atomic E-state index is -0.461. The molecule has 2 aromatic carbocycles. The summed E-state index contributed by atoms with van der Waals surface area (Å²) in [6, 6.07) is 14.2. The summed E-state index contributed by atoms with van der Waals surface area (Å²) >= 11 is 0. The number of aliphatic hydroxyl groups excluding tert-OH is 1. The minimum absolute atomic E-state index is 0. The van der Waals surface area contributed by atoms with Crippen molar-refractivity contribution >= 4 is 23.2 Å². The normalized spacial score (nSPS) is 12.2. The first-order chi connectivity index (χ1) is 10.7. The molecule has 2 rings (SSSR count). The van der Waals surface area contributed by atoms with Crippen LogP contribution >= 0.6 is 12.4 Å². The van der Waals surface area contributed by atoms with Crippen LogP contribution in [0, 0.1) is 0 Å². The number of hydrogen-bond acceptors (Lipinski definition) is 3. The molecule has 4 heteroatoms. The summed E-state index contributed by atoms with van der Waals surface area (Å²) in [5, 5.41) is 12.5. The summed E-state index contributed by atoms with van der Waals surface area (Å²) in [7, 11) is 0. The van der Waals surface area contributed by atoms with Crippen molar-refractivity contribution in [3.8, 4) is 5.75 Å². The average Bonchev–Trinajstić information content (AvgIpc) is 2.53. The molecule has 3 nitrogen and oxygen atoms in total. The highest BCUT2D eigenvalue weighted by Crippen LogP contribution is 2.25. The molecule has 1 unspecified atom stereocenters. The van der Waals surface area contributed by atoms with Crippen LogP contribution in [0.1, 0.15) is 26.7 Å². The lowest BCUT2D eigenvalue weighted by Gasteiger charge is -2.24. The molecule has 0 heterocycles. The first-order valence-corrected chi connectivity index (χ1v) is 8.25. The quantitative estimate of drug-likeness (QED) is 0.747. The van der Waals surface area contributed by atoms with Crippen molar-refractivity contribution in [2.45, 2.75) is 32.8 Å². The number of rotatable bonds is 9. The molecule has 23 heavy (non-hydrogen) atoms. The zero-order valence-electron chi connectivity index (χ0n) is 14.1. The third-order valence-electron chi connectivity index (χ3n) is 3.73. The Morgan fingerprint density at radius 1 is 1.00 bits per heavy atom. The SMILES string of the molecule is CCCN(CCC)CC(O)COc1cccc2ccccc12.Cl. The standard InChI is InChI=1S/C19H27NO2.ClH/c1-3-12-20(13-4-2)14-17(21)15-22-19-11-7-9-16-8-5-6-10-18(16)19;/h5-11,17,21H,3-4,12-15H2,1-2H3;1H. The fraction of sp³-hybridized carbons (Fsp3) is 0.474. The zero-order chi connectivity index (χ0) is 15.8. The first kappa shape index (κ1) is 19.8. The fourth-order valence-corrected chi connectivity index (χ4v) is 2.79. The molecule has 0 bridgehead atoms. The van der Waals surface area contributed by atoms with Crippen molar-refractivity contribution in [1.29, 1.82) is 0 Å². The van der Waals surface area contributed by atoms with Gasteiger partial charge in [-0.15, -0.1) is 12.4 Å². The van der Waals surface area contributed by atoms with E-state index in [4.69, 9.17) is 4.74 Å². The number of nitrogens with zero attached hydrogens (tertiary/aromatic N) is 1. The lowest BCUT2D eigenvalue weighted by molar-refractivity contribution is 0.0687. The van der Waals surface area contributed by atoms with E-state index in [-0.39, 0.29) is 12.4 Å². The molecule has 1 N–H and O–H groups in total. The second-order valence-electron chi connectivity index (χ2n) is 5.74. The van der Waals surface area contributed by atoms with Crippen molar-refractivity contribution in [2.75, 3.05) is 26.2 Å². The van der Waals surface area contributed by atoms with Crippen molar-refractivity contribution in [2.24, 2.45) is 0 Å². The Bertz CT molecular complexity index is 565. The van der Waals surface area contributed by atoms with Crippen LogP contribution in [0.15, 0.2) is 42.5 Å². The van der Waals surface area contributed by atoms with E-state index in [1.54, 1.807) is 0 Å². The van der Waals surface area contributed by atoms with Gasteiger partial charge in [0, 0.05) is 11.9 Å².